The highest BCUT2D eigenvalue weighted by Gasteiger charge is 2.31. The van der Waals surface area contributed by atoms with Gasteiger partial charge in [0.25, 0.3) is 0 Å². The molecule has 10 heteroatoms. The summed E-state index contributed by atoms with van der Waals surface area (Å²) in [7, 11) is 0. The maximum Gasteiger partial charge on any atom is 0.573 e. The standard InChI is InChI=1S/C24H16F6N2O2/c25-23(26,27)33-21-5-1-19(2-6-21)31-13-9-17(10-14-31)18-11-15-32(16-12-18)20-3-7-22(8-4-20)34-24(28,29)30/h1-16H/q+2. The Balaban J connectivity index is 1.45. The van der Waals surface area contributed by atoms with Gasteiger partial charge in [-0.2, -0.15) is 9.13 Å². The van der Waals surface area contributed by atoms with Gasteiger partial charge in [-0.15, -0.1) is 26.3 Å². The summed E-state index contributed by atoms with van der Waals surface area (Å²) in [6, 6.07) is 18.4. The van der Waals surface area contributed by atoms with Crippen LogP contribution in [0.2, 0.25) is 0 Å². The molecule has 174 valence electrons. The summed E-state index contributed by atoms with van der Waals surface area (Å²) >= 11 is 0. The fourth-order valence-corrected chi connectivity index (χ4v) is 3.22. The molecule has 0 saturated heterocycles. The molecule has 0 atom stereocenters. The highest BCUT2D eigenvalue weighted by Crippen LogP contribution is 2.24. The lowest BCUT2D eigenvalue weighted by Crippen LogP contribution is -2.29. The maximum atomic E-state index is 12.3. The van der Waals surface area contributed by atoms with Gasteiger partial charge >= 0.3 is 12.7 Å². The Morgan fingerprint density at radius 2 is 0.735 bits per heavy atom. The smallest absolute Gasteiger partial charge is 0.406 e. The molecule has 0 N–H and O–H groups in total. The van der Waals surface area contributed by atoms with Gasteiger partial charge in [-0.05, 0) is 35.4 Å². The Morgan fingerprint density at radius 1 is 0.441 bits per heavy atom. The van der Waals surface area contributed by atoms with Crippen molar-refractivity contribution in [1.29, 1.82) is 0 Å². The van der Waals surface area contributed by atoms with Crippen LogP contribution < -0.4 is 18.6 Å². The Bertz CT molecular complexity index is 1130. The highest BCUT2D eigenvalue weighted by atomic mass is 19.4. The zero-order valence-corrected chi connectivity index (χ0v) is 17.2. The summed E-state index contributed by atoms with van der Waals surface area (Å²) in [5.41, 5.74) is 3.11. The van der Waals surface area contributed by atoms with Crippen molar-refractivity contribution in [3.8, 4) is 34.0 Å². The van der Waals surface area contributed by atoms with Crippen molar-refractivity contribution < 1.29 is 45.0 Å². The lowest BCUT2D eigenvalue weighted by Gasteiger charge is -2.08. The number of aromatic nitrogens is 2. The topological polar surface area (TPSA) is 26.2 Å². The van der Waals surface area contributed by atoms with Gasteiger partial charge < -0.3 is 9.47 Å². The fourth-order valence-electron chi connectivity index (χ4n) is 3.22. The number of hydrogen-bond donors (Lipinski definition) is 0. The van der Waals surface area contributed by atoms with Crippen LogP contribution in [0.4, 0.5) is 26.3 Å². The lowest BCUT2D eigenvalue weighted by atomic mass is 10.1. The molecule has 0 saturated carbocycles. The van der Waals surface area contributed by atoms with Gasteiger partial charge in [0.1, 0.15) is 11.5 Å². The van der Waals surface area contributed by atoms with Gasteiger partial charge in [0.15, 0.2) is 24.8 Å². The quantitative estimate of drug-likeness (QED) is 0.272. The van der Waals surface area contributed by atoms with Crippen molar-refractivity contribution in [3.05, 3.63) is 97.6 Å². The van der Waals surface area contributed by atoms with Crippen molar-refractivity contribution in [3.63, 3.8) is 0 Å². The van der Waals surface area contributed by atoms with Crippen LogP contribution in [0.15, 0.2) is 97.6 Å². The van der Waals surface area contributed by atoms with Crippen molar-refractivity contribution in [2.24, 2.45) is 0 Å². The number of ether oxygens (including phenoxy) is 2. The summed E-state index contributed by atoms with van der Waals surface area (Å²) in [5.74, 6) is -0.595. The lowest BCUT2D eigenvalue weighted by molar-refractivity contribution is -0.596. The number of benzene rings is 2. The molecule has 0 aliphatic rings. The molecule has 34 heavy (non-hydrogen) atoms. The van der Waals surface area contributed by atoms with E-state index in [0.29, 0.717) is 11.4 Å². The predicted molar refractivity (Wildman–Crippen MR) is 108 cm³/mol. The first-order chi connectivity index (χ1) is 16.1. The summed E-state index contributed by atoms with van der Waals surface area (Å²) < 4.78 is 85.0. The molecular formula is C24H16F6N2O2+2. The van der Waals surface area contributed by atoms with E-state index in [0.717, 1.165) is 11.1 Å². The Labute approximate surface area is 189 Å². The first-order valence-corrected chi connectivity index (χ1v) is 9.81. The van der Waals surface area contributed by atoms with Crippen molar-refractivity contribution in [2.45, 2.75) is 12.7 Å². The monoisotopic (exact) mass is 478 g/mol. The number of pyridine rings is 2. The first-order valence-electron chi connectivity index (χ1n) is 9.81. The second kappa shape index (κ2) is 9.05. The van der Waals surface area contributed by atoms with Crippen molar-refractivity contribution in [2.75, 3.05) is 0 Å². The molecule has 0 radical (unpaired) electrons. The molecule has 0 aliphatic carbocycles. The summed E-state index contributed by atoms with van der Waals surface area (Å²) in [5, 5.41) is 0. The number of hydrogen-bond acceptors (Lipinski definition) is 2. The fraction of sp³-hybridized carbons (Fsp3) is 0.0833. The van der Waals surface area contributed by atoms with Gasteiger partial charge in [-0.1, -0.05) is 0 Å². The maximum absolute atomic E-state index is 12.3. The Kier molecular flexibility index (Phi) is 6.14. The Morgan fingerprint density at radius 3 is 1.00 bits per heavy atom. The Hall–Kier alpha value is -4.08. The van der Waals surface area contributed by atoms with Gasteiger partial charge in [-0.25, -0.2) is 0 Å². The molecule has 4 rings (SSSR count). The second-order valence-corrected chi connectivity index (χ2v) is 7.07. The minimum atomic E-state index is -4.74. The number of rotatable bonds is 5. The molecular weight excluding hydrogens is 462 g/mol. The van der Waals surface area contributed by atoms with Crippen LogP contribution >= 0.6 is 0 Å². The number of alkyl halides is 6. The van der Waals surface area contributed by atoms with Gasteiger partial charge in [0, 0.05) is 48.5 Å². The summed E-state index contributed by atoms with van der Waals surface area (Å²) in [6.45, 7) is 0. The van der Waals surface area contributed by atoms with Gasteiger partial charge in [0.2, 0.25) is 11.4 Å². The minimum Gasteiger partial charge on any atom is -0.406 e. The van der Waals surface area contributed by atoms with Crippen molar-refractivity contribution >= 4 is 0 Å². The molecule has 0 fully saturated rings. The zero-order chi connectivity index (χ0) is 24.3. The van der Waals surface area contributed by atoms with E-state index in [1.807, 2.05) is 24.3 Å². The predicted octanol–water partition coefficient (Wildman–Crippen LogP) is 5.70. The van der Waals surface area contributed by atoms with Gasteiger partial charge in [-0.3, -0.25) is 0 Å². The molecule has 2 aromatic carbocycles. The third-order valence-corrected chi connectivity index (χ3v) is 4.73. The van der Waals surface area contributed by atoms with Crippen LogP contribution in [0, 0.1) is 0 Å². The molecule has 4 nitrogen and oxygen atoms in total. The van der Waals surface area contributed by atoms with Crippen molar-refractivity contribution in [1.82, 2.24) is 0 Å². The molecule has 0 bridgehead atoms. The molecule has 4 aromatic rings. The third-order valence-electron chi connectivity index (χ3n) is 4.73. The number of nitrogens with zero attached hydrogens (tertiary/aromatic N) is 2. The molecule has 0 unspecified atom stereocenters. The average molecular weight is 478 g/mol. The van der Waals surface area contributed by atoms with Crippen LogP contribution in [0.25, 0.3) is 22.5 Å². The largest absolute Gasteiger partial charge is 0.573 e. The van der Waals surface area contributed by atoms with Crippen LogP contribution in [0.5, 0.6) is 11.5 Å². The third kappa shape index (κ3) is 6.03. The van der Waals surface area contributed by atoms with E-state index in [2.05, 4.69) is 9.47 Å². The van der Waals surface area contributed by atoms with Crippen LogP contribution in [0.1, 0.15) is 0 Å². The normalized spacial score (nSPS) is 11.8. The average Bonchev–Trinajstić information content (AvgIpc) is 2.78. The molecule has 0 amide bonds. The first kappa shape index (κ1) is 23.1. The van der Waals surface area contributed by atoms with Gasteiger partial charge in [0.05, 0.1) is 0 Å². The molecule has 2 heterocycles. The minimum absolute atomic E-state index is 0.298. The van der Waals surface area contributed by atoms with Crippen LogP contribution in [-0.2, 0) is 0 Å². The SMILES string of the molecule is FC(F)(F)Oc1ccc(-[n+]2ccc(-c3cc[n+](-c4ccc(OC(F)(F)F)cc4)cc3)cc2)cc1. The second-order valence-electron chi connectivity index (χ2n) is 7.07. The molecule has 2 aromatic heterocycles. The van der Waals surface area contributed by atoms with E-state index >= 15 is 0 Å². The van der Waals surface area contributed by atoms with E-state index < -0.39 is 12.7 Å². The number of halogens is 6. The molecule has 0 aliphatic heterocycles. The van der Waals surface area contributed by atoms with E-state index in [1.165, 1.54) is 48.5 Å². The van der Waals surface area contributed by atoms with E-state index in [1.54, 1.807) is 33.9 Å². The van der Waals surface area contributed by atoms with Crippen LogP contribution in [0.3, 0.4) is 0 Å². The molecule has 0 spiro atoms. The van der Waals surface area contributed by atoms with Crippen LogP contribution in [-0.4, -0.2) is 12.7 Å². The zero-order valence-electron chi connectivity index (χ0n) is 17.2. The summed E-state index contributed by atoms with van der Waals surface area (Å²) in [4.78, 5) is 0. The highest BCUT2D eigenvalue weighted by molar-refractivity contribution is 5.61. The van der Waals surface area contributed by atoms with E-state index in [4.69, 9.17) is 0 Å². The summed E-state index contributed by atoms with van der Waals surface area (Å²) in [6.07, 6.45) is -2.39. The van der Waals surface area contributed by atoms with E-state index in [9.17, 15) is 26.3 Å². The van der Waals surface area contributed by atoms with E-state index in [-0.39, 0.29) is 11.5 Å².